The summed E-state index contributed by atoms with van der Waals surface area (Å²) in [4.78, 5) is 41.3. The molecule has 32 heavy (non-hydrogen) atoms. The molecule has 0 atom stereocenters. The Balaban J connectivity index is 1.85. The van der Waals surface area contributed by atoms with E-state index in [0.717, 1.165) is 6.20 Å². The zero-order valence-corrected chi connectivity index (χ0v) is 16.4. The lowest BCUT2D eigenvalue weighted by Crippen LogP contribution is -2.14. The number of H-pyrrole nitrogens is 1. The predicted octanol–water partition coefficient (Wildman–Crippen LogP) is 3.05. The van der Waals surface area contributed by atoms with Gasteiger partial charge in [0.1, 0.15) is 12.0 Å². The minimum atomic E-state index is -1.09. The Morgan fingerprint density at radius 1 is 1.12 bits per heavy atom. The first kappa shape index (κ1) is 21.9. The van der Waals surface area contributed by atoms with Crippen LogP contribution in [0, 0.1) is 20.2 Å². The highest BCUT2D eigenvalue weighted by molar-refractivity contribution is 5.69. The van der Waals surface area contributed by atoms with Gasteiger partial charge in [0.05, 0.1) is 16.5 Å². The van der Waals surface area contributed by atoms with Gasteiger partial charge in [-0.05, 0) is 30.7 Å². The second-order valence-corrected chi connectivity index (χ2v) is 6.07. The van der Waals surface area contributed by atoms with Gasteiger partial charge in [-0.25, -0.2) is 4.98 Å². The normalized spacial score (nSPS) is 10.8. The highest BCUT2D eigenvalue weighted by Gasteiger charge is 2.21. The molecule has 1 aromatic carbocycles. The smallest absolute Gasteiger partial charge is 0.395 e. The molecule has 0 aliphatic rings. The second kappa shape index (κ2) is 9.34. The zero-order valence-electron chi connectivity index (χ0n) is 16.4. The van der Waals surface area contributed by atoms with Crippen LogP contribution < -0.4 is 15.0 Å². The maximum Gasteiger partial charge on any atom is 0.395 e. The monoisotopic (exact) mass is 441 g/mol. The van der Waals surface area contributed by atoms with Crippen molar-refractivity contribution in [3.8, 4) is 23.3 Å². The lowest BCUT2D eigenvalue weighted by molar-refractivity contribution is -0.387. The molecule has 2 aromatic heterocycles. The van der Waals surface area contributed by atoms with E-state index in [1.54, 1.807) is 25.1 Å². The van der Waals surface area contributed by atoms with Gasteiger partial charge in [0.25, 0.3) is 11.6 Å². The molecule has 13 nitrogen and oxygen atoms in total. The molecular formula is C19H15N5O8. The number of nitro groups is 2. The Morgan fingerprint density at radius 2 is 1.91 bits per heavy atom. The fourth-order valence-electron chi connectivity index (χ4n) is 2.53. The molecule has 2 N–H and O–H groups in total. The average molecular weight is 441 g/mol. The number of rotatable bonds is 8. The number of aromatic nitrogens is 3. The van der Waals surface area contributed by atoms with Crippen molar-refractivity contribution in [3.05, 3.63) is 78.5 Å². The Kier molecular flexibility index (Phi) is 6.39. The van der Waals surface area contributed by atoms with E-state index < -0.39 is 27.0 Å². The summed E-state index contributed by atoms with van der Waals surface area (Å²) >= 11 is 0. The fraction of sp³-hybridized carbons (Fsp3) is 0.105. The minimum absolute atomic E-state index is 0.0912. The first-order valence-electron chi connectivity index (χ1n) is 8.99. The van der Waals surface area contributed by atoms with Crippen LogP contribution in [0.3, 0.4) is 0 Å². The van der Waals surface area contributed by atoms with Crippen LogP contribution in [0.4, 0.5) is 11.4 Å². The predicted molar refractivity (Wildman–Crippen MR) is 111 cm³/mol. The number of aromatic amines is 1. The van der Waals surface area contributed by atoms with E-state index in [1.807, 2.05) is 0 Å². The van der Waals surface area contributed by atoms with Crippen LogP contribution in [-0.2, 0) is 0 Å². The summed E-state index contributed by atoms with van der Waals surface area (Å²) in [5, 5.41) is 31.1. The standard InChI is InChI=1S/C19H15N5O8/c1-2-31-14-9-11(4-7-15-21-18(25)17(24(29)30)19(26)22-15)3-6-13(14)32-16-8-5-12(10-20-16)23(27)28/h3-10H,2H2,1H3,(H2,21,22,25,26)/b7-4+. The summed E-state index contributed by atoms with van der Waals surface area (Å²) < 4.78 is 11.2. The topological polar surface area (TPSA) is 184 Å². The quantitative estimate of drug-likeness (QED) is 0.389. The molecule has 0 saturated heterocycles. The van der Waals surface area contributed by atoms with E-state index >= 15 is 0 Å². The molecule has 164 valence electrons. The average Bonchev–Trinajstić information content (AvgIpc) is 2.73. The van der Waals surface area contributed by atoms with Crippen molar-refractivity contribution in [2.45, 2.75) is 6.92 Å². The van der Waals surface area contributed by atoms with Crippen molar-refractivity contribution in [3.63, 3.8) is 0 Å². The molecule has 0 spiro atoms. The molecule has 0 bridgehead atoms. The molecule has 0 radical (unpaired) electrons. The molecule has 0 amide bonds. The van der Waals surface area contributed by atoms with Crippen LogP contribution in [-0.4, -0.2) is 36.5 Å². The lowest BCUT2D eigenvalue weighted by atomic mass is 10.2. The highest BCUT2D eigenvalue weighted by atomic mass is 16.6. The van der Waals surface area contributed by atoms with Gasteiger partial charge in [-0.15, -0.1) is 0 Å². The van der Waals surface area contributed by atoms with Gasteiger partial charge in [0.15, 0.2) is 11.5 Å². The summed E-state index contributed by atoms with van der Waals surface area (Å²) in [6, 6.07) is 7.45. The van der Waals surface area contributed by atoms with E-state index in [-0.39, 0.29) is 17.4 Å². The van der Waals surface area contributed by atoms with Crippen molar-refractivity contribution in [1.29, 1.82) is 0 Å². The van der Waals surface area contributed by atoms with Crippen molar-refractivity contribution in [1.82, 2.24) is 15.0 Å². The maximum atomic E-state index is 11.7. The Morgan fingerprint density at radius 3 is 2.50 bits per heavy atom. The Labute approximate surface area is 178 Å². The van der Waals surface area contributed by atoms with Gasteiger partial charge in [0, 0.05) is 12.1 Å². The molecule has 0 fully saturated rings. The van der Waals surface area contributed by atoms with Crippen LogP contribution in [0.1, 0.15) is 18.3 Å². The van der Waals surface area contributed by atoms with Crippen LogP contribution in [0.5, 0.6) is 23.3 Å². The van der Waals surface area contributed by atoms with Crippen LogP contribution in [0.2, 0.25) is 0 Å². The molecule has 0 aliphatic heterocycles. The number of nitrogens with zero attached hydrogens (tertiary/aromatic N) is 4. The first-order chi connectivity index (χ1) is 15.3. The summed E-state index contributed by atoms with van der Waals surface area (Å²) in [6.45, 7) is 2.09. The van der Waals surface area contributed by atoms with Gasteiger partial charge >= 0.3 is 11.2 Å². The van der Waals surface area contributed by atoms with Crippen LogP contribution in [0.25, 0.3) is 12.2 Å². The molecule has 0 unspecified atom stereocenters. The van der Waals surface area contributed by atoms with Crippen molar-refractivity contribution in [2.24, 2.45) is 0 Å². The largest absolute Gasteiger partial charge is 0.490 e. The Hall–Kier alpha value is -4.81. The van der Waals surface area contributed by atoms with E-state index in [1.165, 1.54) is 24.3 Å². The van der Waals surface area contributed by atoms with Gasteiger partial charge < -0.3 is 19.6 Å². The lowest BCUT2D eigenvalue weighted by Gasteiger charge is -2.11. The van der Waals surface area contributed by atoms with Gasteiger partial charge in [-0.3, -0.25) is 25.0 Å². The summed E-state index contributed by atoms with van der Waals surface area (Å²) in [6.07, 6.45) is 3.94. The van der Waals surface area contributed by atoms with Crippen LogP contribution in [0.15, 0.2) is 41.3 Å². The van der Waals surface area contributed by atoms with E-state index in [9.17, 15) is 30.1 Å². The first-order valence-corrected chi connectivity index (χ1v) is 8.99. The molecule has 3 aromatic rings. The van der Waals surface area contributed by atoms with Gasteiger partial charge in [0.2, 0.25) is 5.88 Å². The number of pyridine rings is 1. The fourth-order valence-corrected chi connectivity index (χ4v) is 2.53. The van der Waals surface area contributed by atoms with Gasteiger partial charge in [-0.2, -0.15) is 4.98 Å². The molecule has 0 saturated carbocycles. The van der Waals surface area contributed by atoms with E-state index in [4.69, 9.17) is 9.47 Å². The van der Waals surface area contributed by atoms with E-state index in [0.29, 0.717) is 23.7 Å². The third kappa shape index (κ3) is 5.02. The highest BCUT2D eigenvalue weighted by Crippen LogP contribution is 2.33. The van der Waals surface area contributed by atoms with Crippen molar-refractivity contribution < 1.29 is 24.4 Å². The number of ether oxygens (including phenoxy) is 2. The number of hydrogen-bond acceptors (Lipinski definition) is 10. The zero-order chi connectivity index (χ0) is 23.3. The van der Waals surface area contributed by atoms with Gasteiger partial charge in [-0.1, -0.05) is 12.1 Å². The minimum Gasteiger partial charge on any atom is -0.490 e. The third-order valence-corrected chi connectivity index (χ3v) is 3.92. The van der Waals surface area contributed by atoms with Crippen molar-refractivity contribution in [2.75, 3.05) is 6.61 Å². The number of hydrogen-bond donors (Lipinski definition) is 2. The Bertz CT molecular complexity index is 1250. The summed E-state index contributed by atoms with van der Waals surface area (Å²) in [7, 11) is 0. The summed E-state index contributed by atoms with van der Waals surface area (Å²) in [5.41, 5.74) is -1.71. The van der Waals surface area contributed by atoms with Crippen LogP contribution >= 0.6 is 0 Å². The maximum absolute atomic E-state index is 11.7. The van der Waals surface area contributed by atoms with Crippen molar-refractivity contribution >= 4 is 23.5 Å². The number of aromatic hydroxyl groups is 1. The summed E-state index contributed by atoms with van der Waals surface area (Å²) in [5.74, 6) is -0.296. The number of nitrogens with one attached hydrogen (secondary N) is 1. The second-order valence-electron chi connectivity index (χ2n) is 6.07. The molecule has 2 heterocycles. The molecule has 3 rings (SSSR count). The molecule has 0 aliphatic carbocycles. The van der Waals surface area contributed by atoms with E-state index in [2.05, 4.69) is 15.0 Å². The SMILES string of the molecule is CCOc1cc(/C=C/c2nc(O)c([N+](=O)[O-])c(=O)[nH]2)ccc1Oc1ccc([N+](=O)[O-])cn1. The molecule has 13 heteroatoms. The molecular weight excluding hydrogens is 426 g/mol. The third-order valence-electron chi connectivity index (χ3n) is 3.92. The number of benzene rings is 1.